The van der Waals surface area contributed by atoms with Crippen molar-refractivity contribution in [2.75, 3.05) is 0 Å². The van der Waals surface area contributed by atoms with Gasteiger partial charge in [0.25, 0.3) is 5.91 Å². The Labute approximate surface area is 283 Å². The maximum absolute atomic E-state index is 14.8. The Bertz CT molecular complexity index is 1690. The monoisotopic (exact) mass is 666 g/mol. The maximum Gasteiger partial charge on any atom is 0.416 e. The normalized spacial score (nSPS) is 21.0. The smallest absolute Gasteiger partial charge is 0.282 e. The fraction of sp³-hybridized carbons (Fsp3) is 0.366. The molecule has 2 saturated carbocycles. The first-order valence-electron chi connectivity index (χ1n) is 17.5. The van der Waals surface area contributed by atoms with E-state index in [0.29, 0.717) is 17.2 Å². The molecule has 2 aliphatic carbocycles. The Morgan fingerprint density at radius 3 is 1.73 bits per heavy atom. The van der Waals surface area contributed by atoms with E-state index in [1.54, 1.807) is 4.90 Å². The molecule has 1 aliphatic heterocycles. The number of hydrogen-bond donors (Lipinski definition) is 0. The number of nitrogens with zero attached hydrogens (tertiary/aromatic N) is 2. The number of rotatable bonds is 7. The summed E-state index contributed by atoms with van der Waals surface area (Å²) < 4.78 is 40.6. The van der Waals surface area contributed by atoms with Gasteiger partial charge in [-0.1, -0.05) is 131 Å². The third kappa shape index (κ3) is 6.74. The van der Waals surface area contributed by atoms with Crippen molar-refractivity contribution in [1.82, 2.24) is 4.90 Å². The quantitative estimate of drug-likeness (QED) is 0.181. The molecule has 0 unspecified atom stereocenters. The van der Waals surface area contributed by atoms with E-state index in [2.05, 4.69) is 30.3 Å². The van der Waals surface area contributed by atoms with Crippen LogP contribution in [0.3, 0.4) is 0 Å². The van der Waals surface area contributed by atoms with Gasteiger partial charge in [0.15, 0.2) is 0 Å². The molecule has 4 aromatic carbocycles. The van der Waals surface area contributed by atoms with Crippen LogP contribution in [0.4, 0.5) is 13.2 Å². The average Bonchev–Trinajstić information content (AvgIpc) is 3.54. The number of benzene rings is 4. The highest BCUT2D eigenvalue weighted by Gasteiger charge is 2.44. The second-order valence-electron chi connectivity index (χ2n) is 13.4. The predicted octanol–water partition coefficient (Wildman–Crippen LogP) is 10.9. The molecule has 0 radical (unpaired) electrons. The van der Waals surface area contributed by atoms with Crippen LogP contribution in [0.15, 0.2) is 114 Å². The molecular formula is C41H42F3N2OP. The Kier molecular flexibility index (Phi) is 9.82. The van der Waals surface area contributed by atoms with E-state index in [1.807, 2.05) is 54.6 Å². The zero-order valence-electron chi connectivity index (χ0n) is 27.2. The van der Waals surface area contributed by atoms with Gasteiger partial charge in [-0.2, -0.15) is 13.2 Å². The summed E-state index contributed by atoms with van der Waals surface area (Å²) in [7, 11) is -0.520. The summed E-state index contributed by atoms with van der Waals surface area (Å²) in [6.07, 6.45) is 8.17. The fourth-order valence-corrected chi connectivity index (χ4v) is 12.0. The lowest BCUT2D eigenvalue weighted by molar-refractivity contribution is -0.137. The lowest BCUT2D eigenvalue weighted by Gasteiger charge is -2.40. The Hall–Kier alpha value is -3.76. The lowest BCUT2D eigenvalue weighted by atomic mass is 9.93. The average molecular weight is 667 g/mol. The highest BCUT2D eigenvalue weighted by molar-refractivity contribution is 7.67. The number of amides is 1. The minimum absolute atomic E-state index is 0.213. The summed E-state index contributed by atoms with van der Waals surface area (Å²) in [5.41, 5.74) is 3.66. The van der Waals surface area contributed by atoms with Gasteiger partial charge in [-0.15, -0.1) is 0 Å². The summed E-state index contributed by atoms with van der Waals surface area (Å²) in [6, 6.07) is 32.4. The van der Waals surface area contributed by atoms with Crippen LogP contribution in [-0.2, 0) is 6.18 Å². The van der Waals surface area contributed by atoms with Gasteiger partial charge in [-0.3, -0.25) is 14.7 Å². The van der Waals surface area contributed by atoms with Gasteiger partial charge >= 0.3 is 6.18 Å². The number of carbonyl (C=O) groups is 1. The van der Waals surface area contributed by atoms with Crippen molar-refractivity contribution >= 4 is 25.0 Å². The van der Waals surface area contributed by atoms with Gasteiger partial charge in [-0.05, 0) is 77.7 Å². The van der Waals surface area contributed by atoms with Gasteiger partial charge in [0, 0.05) is 11.1 Å². The molecule has 2 fully saturated rings. The van der Waals surface area contributed by atoms with Crippen LogP contribution < -0.4 is 5.30 Å². The van der Waals surface area contributed by atoms with E-state index in [0.717, 1.165) is 28.8 Å². The Balaban J connectivity index is 1.40. The Morgan fingerprint density at radius 1 is 0.646 bits per heavy atom. The molecule has 3 nitrogen and oxygen atoms in total. The molecule has 0 spiro atoms. The van der Waals surface area contributed by atoms with Gasteiger partial charge in [0.2, 0.25) is 0 Å². The van der Waals surface area contributed by atoms with Crippen molar-refractivity contribution in [3.63, 3.8) is 0 Å². The summed E-state index contributed by atoms with van der Waals surface area (Å²) >= 11 is 0. The molecule has 248 valence electrons. The van der Waals surface area contributed by atoms with Crippen molar-refractivity contribution in [2.24, 2.45) is 4.99 Å². The topological polar surface area (TPSA) is 32.7 Å². The molecule has 7 rings (SSSR count). The summed E-state index contributed by atoms with van der Waals surface area (Å²) in [5.74, 6) is 0.279. The summed E-state index contributed by atoms with van der Waals surface area (Å²) in [4.78, 5) is 22.1. The maximum atomic E-state index is 14.8. The molecule has 1 amide bonds. The number of alkyl halides is 3. The molecule has 0 aromatic heterocycles. The molecule has 4 aromatic rings. The second-order valence-corrected chi connectivity index (χ2v) is 16.2. The third-order valence-electron chi connectivity index (χ3n) is 10.4. The molecule has 7 heteroatoms. The van der Waals surface area contributed by atoms with Crippen LogP contribution in [0, 0.1) is 0 Å². The van der Waals surface area contributed by atoms with Crippen LogP contribution >= 0.6 is 7.92 Å². The lowest BCUT2D eigenvalue weighted by Crippen LogP contribution is -2.40. The number of amidine groups is 1. The predicted molar refractivity (Wildman–Crippen MR) is 189 cm³/mol. The van der Waals surface area contributed by atoms with Crippen LogP contribution in [0.1, 0.15) is 109 Å². The van der Waals surface area contributed by atoms with E-state index in [-0.39, 0.29) is 17.5 Å². The number of carbonyl (C=O) groups excluding carboxylic acids is 1. The SMILES string of the molecule is O=C(c1ccc(C(F)(F)F)cc1)N1C(c2ccccc2P(C2CCCCC2)C2CCCCC2)=N[C@H](c2ccccc2)[C@H]1c1ccccc1. The molecule has 2 atom stereocenters. The number of halogens is 3. The largest absolute Gasteiger partial charge is 0.416 e. The molecule has 1 heterocycles. The van der Waals surface area contributed by atoms with E-state index >= 15 is 0 Å². The number of hydrogen-bond acceptors (Lipinski definition) is 2. The minimum Gasteiger partial charge on any atom is -0.282 e. The third-order valence-corrected chi connectivity index (χ3v) is 13.9. The van der Waals surface area contributed by atoms with Crippen LogP contribution in [-0.4, -0.2) is 28.0 Å². The zero-order valence-corrected chi connectivity index (χ0v) is 28.1. The first-order chi connectivity index (χ1) is 23.4. The standard InChI is InChI=1S/C41H42F3N2OP/c42-41(43,44)32-27-25-31(26-28-32)40(47)46-38(30-17-7-2-8-18-30)37(29-15-5-1-6-16-29)45-39(46)35-23-13-14-24-36(35)48(33-19-9-3-10-20-33)34-21-11-4-12-22-34/h1-2,5-8,13-18,23-28,33-34,37-38H,3-4,9-12,19-22H2/t37-,38-/m1/s1. The molecule has 0 saturated heterocycles. The first kappa shape index (κ1) is 32.8. The molecule has 0 N–H and O–H groups in total. The van der Waals surface area contributed by atoms with Crippen molar-refractivity contribution in [3.8, 4) is 0 Å². The number of aliphatic imine (C=N–C) groups is 1. The van der Waals surface area contributed by atoms with Gasteiger partial charge in [0.1, 0.15) is 11.9 Å². The summed E-state index contributed by atoms with van der Waals surface area (Å²) in [6.45, 7) is 0. The van der Waals surface area contributed by atoms with Gasteiger partial charge < -0.3 is 0 Å². The van der Waals surface area contributed by atoms with E-state index < -0.39 is 25.7 Å². The summed E-state index contributed by atoms with van der Waals surface area (Å²) in [5, 5.41) is 1.33. The van der Waals surface area contributed by atoms with Gasteiger partial charge in [0.05, 0.1) is 11.6 Å². The molecule has 3 aliphatic rings. The van der Waals surface area contributed by atoms with Crippen LogP contribution in [0.25, 0.3) is 0 Å². The van der Waals surface area contributed by atoms with Gasteiger partial charge in [-0.25, -0.2) is 0 Å². The first-order valence-corrected chi connectivity index (χ1v) is 18.9. The van der Waals surface area contributed by atoms with Crippen molar-refractivity contribution in [3.05, 3.63) is 137 Å². The second kappa shape index (κ2) is 14.4. The molecule has 0 bridgehead atoms. The molecular weight excluding hydrogens is 624 g/mol. The van der Waals surface area contributed by atoms with Crippen LogP contribution in [0.5, 0.6) is 0 Å². The molecule has 48 heavy (non-hydrogen) atoms. The van der Waals surface area contributed by atoms with Crippen molar-refractivity contribution in [2.45, 2.75) is 93.8 Å². The highest BCUT2D eigenvalue weighted by atomic mass is 31.1. The van der Waals surface area contributed by atoms with Crippen LogP contribution in [0.2, 0.25) is 0 Å². The van der Waals surface area contributed by atoms with E-state index in [1.165, 1.54) is 81.6 Å². The van der Waals surface area contributed by atoms with E-state index in [4.69, 9.17) is 4.99 Å². The highest BCUT2D eigenvalue weighted by Crippen LogP contribution is 2.56. The minimum atomic E-state index is -4.48. The Morgan fingerprint density at radius 2 is 1.17 bits per heavy atom. The zero-order chi connectivity index (χ0) is 33.1. The fourth-order valence-electron chi connectivity index (χ4n) is 8.09. The van der Waals surface area contributed by atoms with Crippen molar-refractivity contribution in [1.29, 1.82) is 0 Å². The van der Waals surface area contributed by atoms with Crippen molar-refractivity contribution < 1.29 is 18.0 Å². The van der Waals surface area contributed by atoms with E-state index in [9.17, 15) is 18.0 Å².